The van der Waals surface area contributed by atoms with E-state index in [9.17, 15) is 24.9 Å². The fourth-order valence-corrected chi connectivity index (χ4v) is 4.25. The molecular weight excluding hydrogens is 544 g/mol. The first-order valence-electron chi connectivity index (χ1n) is 12.7. The first-order chi connectivity index (χ1) is 19.8. The number of para-hydroxylation sites is 2. The van der Waals surface area contributed by atoms with Crippen LogP contribution in [0.4, 0.5) is 0 Å². The molecule has 5 aromatic rings. The van der Waals surface area contributed by atoms with Crippen molar-refractivity contribution in [2.75, 3.05) is 13.2 Å². The number of hydrogen-bond acceptors (Lipinski definition) is 8. The Balaban J connectivity index is 0.000000238. The van der Waals surface area contributed by atoms with Gasteiger partial charge in [0.1, 0.15) is 0 Å². The third-order valence-corrected chi connectivity index (χ3v) is 6.12. The molecule has 42 heavy (non-hydrogen) atoms. The molecule has 0 bridgehead atoms. The Hall–Kier alpha value is -4.62. The van der Waals surface area contributed by atoms with Crippen LogP contribution in [-0.2, 0) is 24.4 Å². The molecule has 0 fully saturated rings. The average molecular weight is 579 g/mol. The van der Waals surface area contributed by atoms with Crippen molar-refractivity contribution in [1.82, 2.24) is 19.6 Å². The van der Waals surface area contributed by atoms with Gasteiger partial charge in [0.25, 0.3) is 0 Å². The van der Waals surface area contributed by atoms with E-state index in [2.05, 4.69) is 10.2 Å². The van der Waals surface area contributed by atoms with Gasteiger partial charge in [0, 0.05) is 10.8 Å². The number of aromatic carboxylic acids is 2. The first-order valence-corrected chi connectivity index (χ1v) is 12.7. The molecule has 0 aliphatic heterocycles. The van der Waals surface area contributed by atoms with E-state index in [1.54, 1.807) is 42.5 Å². The van der Waals surface area contributed by atoms with Crippen LogP contribution < -0.4 is 0 Å². The molecule has 2 unspecified atom stereocenters. The monoisotopic (exact) mass is 578 g/mol. The van der Waals surface area contributed by atoms with Crippen LogP contribution in [-0.4, -0.2) is 82.5 Å². The lowest BCUT2D eigenvalue weighted by Crippen LogP contribution is -2.22. The van der Waals surface area contributed by atoms with Crippen molar-refractivity contribution in [2.24, 2.45) is 0 Å². The minimum atomic E-state index is -1.11. The number of nitrogens with zero attached hydrogens (tertiary/aromatic N) is 4. The largest absolute Gasteiger partial charge is 0.476 e. The van der Waals surface area contributed by atoms with Gasteiger partial charge in [-0.2, -0.15) is 10.2 Å². The predicted molar refractivity (Wildman–Crippen MR) is 155 cm³/mol. The standard InChI is InChI=1S/C18H18N2O4.C11H12N2O4.CH4/c21-14(12-24-11-13-6-2-1-3-7-13)10-20-16-9-5-4-8-15(16)17(19-20)18(22)23;14-6-7(15)5-13-9-4-2-1-3-8(9)10(12-13)11(16)17;/h1-9,14,21H,10-12H2,(H,22,23);1-4,7,14-15H,5-6H2,(H,16,17);1H4. The number of aliphatic hydroxyl groups is 3. The Labute approximate surface area is 241 Å². The summed E-state index contributed by atoms with van der Waals surface area (Å²) >= 11 is 0. The van der Waals surface area contributed by atoms with Crippen LogP contribution in [0.25, 0.3) is 21.8 Å². The van der Waals surface area contributed by atoms with Crippen LogP contribution in [0.5, 0.6) is 0 Å². The van der Waals surface area contributed by atoms with Crippen molar-refractivity contribution in [3.8, 4) is 0 Å². The Bertz CT molecular complexity index is 1620. The molecule has 3 aromatic carbocycles. The van der Waals surface area contributed by atoms with Crippen LogP contribution in [0, 0.1) is 0 Å². The van der Waals surface area contributed by atoms with E-state index in [4.69, 9.17) is 14.9 Å². The summed E-state index contributed by atoms with van der Waals surface area (Å²) in [4.78, 5) is 22.3. The van der Waals surface area contributed by atoms with Gasteiger partial charge in [0.15, 0.2) is 11.4 Å². The van der Waals surface area contributed by atoms with Crippen molar-refractivity contribution < 1.29 is 39.9 Å². The molecule has 2 aromatic heterocycles. The molecule has 0 aliphatic rings. The maximum absolute atomic E-state index is 11.3. The van der Waals surface area contributed by atoms with Gasteiger partial charge in [0.2, 0.25) is 0 Å². The highest BCUT2D eigenvalue weighted by Crippen LogP contribution is 2.20. The topological polar surface area (TPSA) is 180 Å². The van der Waals surface area contributed by atoms with Crippen molar-refractivity contribution in [1.29, 1.82) is 0 Å². The molecule has 2 heterocycles. The zero-order valence-electron chi connectivity index (χ0n) is 21.9. The highest BCUT2D eigenvalue weighted by molar-refractivity contribution is 6.01. The molecule has 5 N–H and O–H groups in total. The molecule has 0 aliphatic carbocycles. The second-order valence-electron chi connectivity index (χ2n) is 9.20. The minimum Gasteiger partial charge on any atom is -0.476 e. The van der Waals surface area contributed by atoms with Crippen LogP contribution in [0.3, 0.4) is 0 Å². The molecule has 222 valence electrons. The van der Waals surface area contributed by atoms with E-state index in [0.29, 0.717) is 28.4 Å². The number of benzene rings is 3. The highest BCUT2D eigenvalue weighted by Gasteiger charge is 2.18. The number of hydrogen-bond donors (Lipinski definition) is 5. The number of carbonyl (C=O) groups is 2. The number of aromatic nitrogens is 4. The second-order valence-corrected chi connectivity index (χ2v) is 9.20. The zero-order chi connectivity index (χ0) is 29.4. The van der Waals surface area contributed by atoms with Gasteiger partial charge in [-0.15, -0.1) is 0 Å². The van der Waals surface area contributed by atoms with Gasteiger partial charge >= 0.3 is 11.9 Å². The highest BCUT2D eigenvalue weighted by atomic mass is 16.5. The van der Waals surface area contributed by atoms with E-state index in [0.717, 1.165) is 5.56 Å². The molecule has 12 heteroatoms. The Morgan fingerprint density at radius 2 is 1.17 bits per heavy atom. The van der Waals surface area contributed by atoms with Gasteiger partial charge < -0.3 is 30.3 Å². The lowest BCUT2D eigenvalue weighted by Gasteiger charge is -2.12. The zero-order valence-corrected chi connectivity index (χ0v) is 21.9. The summed E-state index contributed by atoms with van der Waals surface area (Å²) in [6.07, 6.45) is -1.74. The summed E-state index contributed by atoms with van der Waals surface area (Å²) in [6.45, 7) is 0.396. The molecule has 0 saturated heterocycles. The molecule has 0 amide bonds. The summed E-state index contributed by atoms with van der Waals surface area (Å²) in [5.74, 6) is -2.20. The maximum Gasteiger partial charge on any atom is 0.357 e. The number of rotatable bonds is 11. The van der Waals surface area contributed by atoms with Gasteiger partial charge in [-0.05, 0) is 17.7 Å². The van der Waals surface area contributed by atoms with Crippen LogP contribution in [0.1, 0.15) is 34.0 Å². The Kier molecular flexibility index (Phi) is 11.3. The van der Waals surface area contributed by atoms with Gasteiger partial charge in [-0.3, -0.25) is 9.36 Å². The van der Waals surface area contributed by atoms with Crippen LogP contribution >= 0.6 is 0 Å². The van der Waals surface area contributed by atoms with Crippen molar-refractivity contribution in [3.63, 3.8) is 0 Å². The van der Waals surface area contributed by atoms with Crippen molar-refractivity contribution in [2.45, 2.75) is 39.3 Å². The van der Waals surface area contributed by atoms with E-state index in [-0.39, 0.29) is 38.5 Å². The van der Waals surface area contributed by atoms with Crippen molar-refractivity contribution in [3.05, 3.63) is 95.8 Å². The summed E-state index contributed by atoms with van der Waals surface area (Å²) in [7, 11) is 0. The van der Waals surface area contributed by atoms with E-state index < -0.39 is 30.8 Å². The van der Waals surface area contributed by atoms with Gasteiger partial charge in [-0.25, -0.2) is 9.59 Å². The van der Waals surface area contributed by atoms with Crippen LogP contribution in [0.15, 0.2) is 78.9 Å². The summed E-state index contributed by atoms with van der Waals surface area (Å²) in [5.41, 5.74) is 2.27. The normalized spacial score (nSPS) is 12.3. The average Bonchev–Trinajstić information content (AvgIpc) is 3.53. The van der Waals surface area contributed by atoms with Crippen molar-refractivity contribution >= 4 is 33.7 Å². The Morgan fingerprint density at radius 3 is 1.64 bits per heavy atom. The predicted octanol–water partition coefficient (Wildman–Crippen LogP) is 3.04. The van der Waals surface area contributed by atoms with Gasteiger partial charge in [0.05, 0.1) is 56.2 Å². The molecule has 0 radical (unpaired) electrons. The molecule has 5 rings (SSSR count). The number of carboxylic acid groups (broad SMARTS) is 2. The fraction of sp³-hybridized carbons (Fsp3) is 0.267. The Morgan fingerprint density at radius 1 is 0.714 bits per heavy atom. The third-order valence-electron chi connectivity index (χ3n) is 6.12. The smallest absolute Gasteiger partial charge is 0.357 e. The lowest BCUT2D eigenvalue weighted by atomic mass is 10.2. The number of fused-ring (bicyclic) bond motifs is 2. The molecular formula is C30H34N4O8. The first kappa shape index (κ1) is 31.9. The molecule has 0 saturated carbocycles. The lowest BCUT2D eigenvalue weighted by molar-refractivity contribution is 0.0192. The van der Waals surface area contributed by atoms with Crippen LogP contribution in [0.2, 0.25) is 0 Å². The molecule has 2 atom stereocenters. The second kappa shape index (κ2) is 14.8. The SMILES string of the molecule is C.O=C(O)c1nn(CC(O)CO)c2ccccc12.O=C(O)c1nn(CC(O)COCc2ccccc2)c2ccccc12. The molecule has 0 spiro atoms. The summed E-state index contributed by atoms with van der Waals surface area (Å²) in [5, 5.41) is 55.6. The quantitative estimate of drug-likeness (QED) is 0.156. The van der Waals surface area contributed by atoms with E-state index in [1.807, 2.05) is 36.4 Å². The minimum absolute atomic E-state index is 0. The fourth-order valence-electron chi connectivity index (χ4n) is 4.25. The van der Waals surface area contributed by atoms with Gasteiger partial charge in [-0.1, -0.05) is 74.2 Å². The van der Waals surface area contributed by atoms with E-state index >= 15 is 0 Å². The van der Waals surface area contributed by atoms with E-state index in [1.165, 1.54) is 9.36 Å². The number of carboxylic acids is 2. The third kappa shape index (κ3) is 7.77. The number of aliphatic hydroxyl groups excluding tert-OH is 3. The summed E-state index contributed by atoms with van der Waals surface area (Å²) < 4.78 is 8.41. The number of ether oxygens (including phenoxy) is 1. The maximum atomic E-state index is 11.3. The summed E-state index contributed by atoms with van der Waals surface area (Å²) in [6, 6.07) is 23.6. The molecule has 12 nitrogen and oxygen atoms in total.